The first kappa shape index (κ1) is 28.3. The first-order valence-electron chi connectivity index (χ1n) is 10.9. The number of hydrogen-bond donors (Lipinski definition) is 1. The highest BCUT2D eigenvalue weighted by Crippen LogP contribution is 2.39. The predicted octanol–water partition coefficient (Wildman–Crippen LogP) is 7.36. The van der Waals surface area contributed by atoms with Crippen LogP contribution in [0, 0.1) is 5.82 Å². The fourth-order valence-corrected chi connectivity index (χ4v) is 4.89. The molecule has 3 nitrogen and oxygen atoms in total. The standard InChI is InChI=1S/C26H25BrF5NO2S/c1-24(2,3)36(34)33-25(16-17-8-5-4-6-9-17,18-10-7-11-20(27)12-18)19-13-21(28)15-22(14-19)35-26(31,32)23(29)30/h4-15,23,33H,16H2,1-3H3. The molecule has 0 fully saturated rings. The average Bonchev–Trinajstić information content (AvgIpc) is 2.77. The molecule has 3 aromatic rings. The van der Waals surface area contributed by atoms with E-state index >= 15 is 0 Å². The zero-order valence-corrected chi connectivity index (χ0v) is 22.1. The molecule has 0 aromatic heterocycles. The fraction of sp³-hybridized carbons (Fsp3) is 0.308. The van der Waals surface area contributed by atoms with Crippen molar-refractivity contribution in [2.45, 2.75) is 50.0 Å². The van der Waals surface area contributed by atoms with Crippen molar-refractivity contribution in [3.63, 3.8) is 0 Å². The molecule has 1 N–H and O–H groups in total. The van der Waals surface area contributed by atoms with Crippen LogP contribution in [0.15, 0.2) is 77.3 Å². The molecule has 2 atom stereocenters. The number of rotatable bonds is 9. The average molecular weight is 590 g/mol. The summed E-state index contributed by atoms with van der Waals surface area (Å²) in [5.74, 6) is -1.77. The first-order chi connectivity index (χ1) is 16.7. The van der Waals surface area contributed by atoms with Crippen LogP contribution in [0.25, 0.3) is 0 Å². The Hall–Kier alpha value is -2.30. The van der Waals surface area contributed by atoms with E-state index < -0.39 is 45.4 Å². The second-order valence-corrected chi connectivity index (χ2v) is 12.1. The lowest BCUT2D eigenvalue weighted by Crippen LogP contribution is -2.50. The lowest BCUT2D eigenvalue weighted by Gasteiger charge is -2.38. The summed E-state index contributed by atoms with van der Waals surface area (Å²) in [5.41, 5.74) is -0.0537. The minimum Gasteiger partial charge on any atom is -0.428 e. The van der Waals surface area contributed by atoms with Gasteiger partial charge in [-0.2, -0.15) is 17.6 Å². The van der Waals surface area contributed by atoms with Gasteiger partial charge in [0.2, 0.25) is 0 Å². The molecule has 3 aromatic carbocycles. The normalized spacial score (nSPS) is 14.9. The third-order valence-corrected chi connectivity index (χ3v) is 7.46. The van der Waals surface area contributed by atoms with E-state index in [1.54, 1.807) is 57.2 Å². The summed E-state index contributed by atoms with van der Waals surface area (Å²) >= 11 is 3.42. The van der Waals surface area contributed by atoms with Crippen LogP contribution in [-0.2, 0) is 22.9 Å². The van der Waals surface area contributed by atoms with Crippen molar-refractivity contribution in [2.75, 3.05) is 0 Å². The van der Waals surface area contributed by atoms with Gasteiger partial charge in [-0.25, -0.2) is 13.3 Å². The highest BCUT2D eigenvalue weighted by molar-refractivity contribution is 9.10. The van der Waals surface area contributed by atoms with Crippen molar-refractivity contribution in [3.8, 4) is 5.75 Å². The van der Waals surface area contributed by atoms with Crippen LogP contribution >= 0.6 is 15.9 Å². The zero-order chi connectivity index (χ0) is 26.7. The van der Waals surface area contributed by atoms with E-state index in [9.17, 15) is 26.2 Å². The van der Waals surface area contributed by atoms with E-state index in [1.807, 2.05) is 18.2 Å². The molecule has 0 saturated carbocycles. The molecule has 0 heterocycles. The van der Waals surface area contributed by atoms with Gasteiger partial charge in [0.15, 0.2) is 0 Å². The summed E-state index contributed by atoms with van der Waals surface area (Å²) < 4.78 is 88.5. The molecule has 0 spiro atoms. The van der Waals surface area contributed by atoms with Crippen molar-refractivity contribution >= 4 is 26.9 Å². The summed E-state index contributed by atoms with van der Waals surface area (Å²) in [5, 5.41) is 0. The van der Waals surface area contributed by atoms with Crippen molar-refractivity contribution < 1.29 is 30.9 Å². The number of halogens is 6. The zero-order valence-electron chi connectivity index (χ0n) is 19.7. The van der Waals surface area contributed by atoms with Gasteiger partial charge >= 0.3 is 12.5 Å². The molecule has 0 aliphatic carbocycles. The molecule has 0 radical (unpaired) electrons. The monoisotopic (exact) mass is 589 g/mol. The molecule has 0 aliphatic heterocycles. The van der Waals surface area contributed by atoms with E-state index in [1.165, 1.54) is 0 Å². The van der Waals surface area contributed by atoms with Crippen LogP contribution in [-0.4, -0.2) is 21.5 Å². The molecular weight excluding hydrogens is 565 g/mol. The molecule has 0 aliphatic rings. The summed E-state index contributed by atoms with van der Waals surface area (Å²) in [6.07, 6.45) is -8.82. The Balaban J connectivity index is 2.30. The van der Waals surface area contributed by atoms with E-state index in [0.29, 0.717) is 16.1 Å². The Kier molecular flexibility index (Phi) is 8.63. The van der Waals surface area contributed by atoms with Crippen molar-refractivity contribution in [3.05, 3.63) is 99.8 Å². The topological polar surface area (TPSA) is 38.3 Å². The molecule has 194 valence electrons. The molecule has 3 rings (SSSR count). The van der Waals surface area contributed by atoms with Crippen molar-refractivity contribution in [1.29, 1.82) is 0 Å². The van der Waals surface area contributed by atoms with Gasteiger partial charge in [-0.15, -0.1) is 0 Å². The van der Waals surface area contributed by atoms with Crippen LogP contribution in [0.2, 0.25) is 0 Å². The van der Waals surface area contributed by atoms with E-state index in [2.05, 4.69) is 25.4 Å². The number of nitrogens with one attached hydrogen (secondary N) is 1. The highest BCUT2D eigenvalue weighted by Gasteiger charge is 2.45. The van der Waals surface area contributed by atoms with Gasteiger partial charge in [0.25, 0.3) is 0 Å². The molecule has 10 heteroatoms. The SMILES string of the molecule is CC(C)(C)S(=O)NC(Cc1ccccc1)(c1cccc(Br)c1)c1cc(F)cc(OC(F)(F)C(F)F)c1. The van der Waals surface area contributed by atoms with Gasteiger partial charge in [-0.3, -0.25) is 0 Å². The molecular formula is C26H25BrF5NO2S. The molecule has 0 bridgehead atoms. The molecule has 36 heavy (non-hydrogen) atoms. The van der Waals surface area contributed by atoms with Crippen LogP contribution < -0.4 is 9.46 Å². The van der Waals surface area contributed by atoms with Gasteiger partial charge in [-0.1, -0.05) is 58.4 Å². The van der Waals surface area contributed by atoms with Gasteiger partial charge in [0.1, 0.15) is 11.6 Å². The Bertz CT molecular complexity index is 1220. The molecule has 2 unspecified atom stereocenters. The largest absolute Gasteiger partial charge is 0.461 e. The number of hydrogen-bond acceptors (Lipinski definition) is 2. The third kappa shape index (κ3) is 6.72. The summed E-state index contributed by atoms with van der Waals surface area (Å²) in [7, 11) is -1.72. The highest BCUT2D eigenvalue weighted by atomic mass is 79.9. The van der Waals surface area contributed by atoms with Crippen molar-refractivity contribution in [2.24, 2.45) is 0 Å². The van der Waals surface area contributed by atoms with Gasteiger partial charge in [-0.05, 0) is 68.1 Å². The van der Waals surface area contributed by atoms with E-state index in [-0.39, 0.29) is 12.0 Å². The van der Waals surface area contributed by atoms with E-state index in [0.717, 1.165) is 17.7 Å². The maximum atomic E-state index is 14.8. The molecule has 0 saturated heterocycles. The fourth-order valence-electron chi connectivity index (χ4n) is 3.56. The van der Waals surface area contributed by atoms with Gasteiger partial charge < -0.3 is 4.74 Å². The smallest absolute Gasteiger partial charge is 0.428 e. The number of ether oxygens (including phenoxy) is 1. The first-order valence-corrected chi connectivity index (χ1v) is 12.8. The second-order valence-electron chi connectivity index (χ2n) is 9.20. The second kappa shape index (κ2) is 11.0. The summed E-state index contributed by atoms with van der Waals surface area (Å²) in [6, 6.07) is 18.7. The van der Waals surface area contributed by atoms with Crippen LogP contribution in [0.5, 0.6) is 5.75 Å². The van der Waals surface area contributed by atoms with Gasteiger partial charge in [0.05, 0.1) is 21.3 Å². The Labute approximate surface area is 217 Å². The maximum absolute atomic E-state index is 14.8. The molecule has 0 amide bonds. The quantitative estimate of drug-likeness (QED) is 0.265. The number of benzene rings is 3. The predicted molar refractivity (Wildman–Crippen MR) is 134 cm³/mol. The Morgan fingerprint density at radius 2 is 1.61 bits per heavy atom. The lowest BCUT2D eigenvalue weighted by molar-refractivity contribution is -0.253. The minimum atomic E-state index is -4.83. The maximum Gasteiger partial charge on any atom is 0.461 e. The van der Waals surface area contributed by atoms with Gasteiger partial charge in [0, 0.05) is 10.5 Å². The Morgan fingerprint density at radius 3 is 2.19 bits per heavy atom. The third-order valence-electron chi connectivity index (χ3n) is 5.32. The summed E-state index contributed by atoms with van der Waals surface area (Å²) in [4.78, 5) is 0. The van der Waals surface area contributed by atoms with Crippen LogP contribution in [0.1, 0.15) is 37.5 Å². The Morgan fingerprint density at radius 1 is 0.944 bits per heavy atom. The lowest BCUT2D eigenvalue weighted by atomic mass is 9.78. The van der Waals surface area contributed by atoms with Crippen LogP contribution in [0.4, 0.5) is 22.0 Å². The minimum absolute atomic E-state index is 0.0714. The van der Waals surface area contributed by atoms with E-state index in [4.69, 9.17) is 0 Å². The summed E-state index contributed by atoms with van der Waals surface area (Å²) in [6.45, 7) is 5.23. The number of alkyl halides is 4. The van der Waals surface area contributed by atoms with Crippen molar-refractivity contribution in [1.82, 2.24) is 4.72 Å². The van der Waals surface area contributed by atoms with Crippen LogP contribution in [0.3, 0.4) is 0 Å².